The molecular formula is C18H22N2O2. The Kier molecular flexibility index (Phi) is 4.27. The number of Topliss-reactive ketones (excluding diaryl/α,β-unsaturated/α-hetero) is 1. The van der Waals surface area contributed by atoms with E-state index >= 15 is 0 Å². The second kappa shape index (κ2) is 6.34. The van der Waals surface area contributed by atoms with E-state index in [9.17, 15) is 9.59 Å². The first kappa shape index (κ1) is 14.8. The Hall–Kier alpha value is -2.10. The number of ketones is 1. The minimum atomic E-state index is 0.123. The van der Waals surface area contributed by atoms with Crippen LogP contribution in [0.25, 0.3) is 0 Å². The average molecular weight is 298 g/mol. The number of hydrogen-bond acceptors (Lipinski definition) is 3. The van der Waals surface area contributed by atoms with Crippen LogP contribution in [0.1, 0.15) is 49.4 Å². The number of hydrogen-bond donors (Lipinski definition) is 1. The summed E-state index contributed by atoms with van der Waals surface area (Å²) in [6, 6.07) is 7.57. The molecule has 0 saturated carbocycles. The first-order valence-electron chi connectivity index (χ1n) is 8.04. The molecule has 1 N–H and O–H groups in total. The van der Waals surface area contributed by atoms with E-state index < -0.39 is 0 Å². The van der Waals surface area contributed by atoms with Crippen molar-refractivity contribution in [2.45, 2.75) is 39.0 Å². The number of piperidine rings is 1. The van der Waals surface area contributed by atoms with Crippen LogP contribution in [0.15, 0.2) is 35.5 Å². The minimum Gasteiger partial charge on any atom is -0.359 e. The number of nitrogens with zero attached hydrogens (tertiary/aromatic N) is 1. The van der Waals surface area contributed by atoms with Crippen molar-refractivity contribution in [1.82, 2.24) is 4.90 Å². The Labute approximate surface area is 131 Å². The van der Waals surface area contributed by atoms with E-state index in [2.05, 4.69) is 5.32 Å². The molecule has 1 aliphatic carbocycles. The maximum Gasteiger partial charge on any atom is 0.253 e. The molecule has 0 bridgehead atoms. The normalized spacial score (nSPS) is 18.8. The molecule has 0 atom stereocenters. The molecule has 1 aromatic carbocycles. The summed E-state index contributed by atoms with van der Waals surface area (Å²) < 4.78 is 0. The monoisotopic (exact) mass is 298 g/mol. The summed E-state index contributed by atoms with van der Waals surface area (Å²) in [5, 5.41) is 3.30. The summed E-state index contributed by atoms with van der Waals surface area (Å²) in [6.45, 7) is 3.60. The standard InChI is InChI=1S/C18H22N2O2/c1-13-16(9-10-17(13)21)19-15-7-5-14(6-8-15)18(22)20-11-3-2-4-12-20/h5-8,19H,2-4,9-12H2,1H3. The molecule has 22 heavy (non-hydrogen) atoms. The van der Waals surface area contributed by atoms with Crippen LogP contribution < -0.4 is 5.32 Å². The van der Waals surface area contributed by atoms with Crippen LogP contribution in [0.2, 0.25) is 0 Å². The van der Waals surface area contributed by atoms with E-state index in [1.165, 1.54) is 6.42 Å². The van der Waals surface area contributed by atoms with E-state index in [1.54, 1.807) is 0 Å². The van der Waals surface area contributed by atoms with Gasteiger partial charge in [-0.3, -0.25) is 9.59 Å². The number of allylic oxidation sites excluding steroid dienone is 2. The molecule has 4 heteroatoms. The first-order chi connectivity index (χ1) is 10.6. The Morgan fingerprint density at radius 2 is 1.73 bits per heavy atom. The zero-order valence-corrected chi connectivity index (χ0v) is 13.0. The number of carbonyl (C=O) groups excluding carboxylic acids is 2. The van der Waals surface area contributed by atoms with Gasteiger partial charge in [0.2, 0.25) is 0 Å². The summed E-state index contributed by atoms with van der Waals surface area (Å²) in [7, 11) is 0. The topological polar surface area (TPSA) is 49.4 Å². The Bertz CT molecular complexity index is 610. The molecule has 1 heterocycles. The molecule has 0 aromatic heterocycles. The van der Waals surface area contributed by atoms with Gasteiger partial charge in [0.25, 0.3) is 5.91 Å². The van der Waals surface area contributed by atoms with Crippen molar-refractivity contribution >= 4 is 17.4 Å². The van der Waals surface area contributed by atoms with Crippen LogP contribution in [0.3, 0.4) is 0 Å². The number of anilines is 1. The zero-order valence-electron chi connectivity index (χ0n) is 13.0. The van der Waals surface area contributed by atoms with Crippen LogP contribution in [0.5, 0.6) is 0 Å². The van der Waals surface area contributed by atoms with Crippen LogP contribution in [-0.2, 0) is 4.79 Å². The number of carbonyl (C=O) groups is 2. The predicted molar refractivity (Wildman–Crippen MR) is 86.8 cm³/mol. The van der Waals surface area contributed by atoms with Crippen LogP contribution in [0, 0.1) is 0 Å². The lowest BCUT2D eigenvalue weighted by molar-refractivity contribution is -0.114. The van der Waals surface area contributed by atoms with Crippen molar-refractivity contribution < 1.29 is 9.59 Å². The quantitative estimate of drug-likeness (QED) is 0.931. The van der Waals surface area contributed by atoms with Crippen molar-refractivity contribution in [3.63, 3.8) is 0 Å². The number of amides is 1. The highest BCUT2D eigenvalue weighted by atomic mass is 16.2. The maximum absolute atomic E-state index is 12.4. The van der Waals surface area contributed by atoms with Crippen LogP contribution >= 0.6 is 0 Å². The number of benzene rings is 1. The third-order valence-corrected chi connectivity index (χ3v) is 4.54. The van der Waals surface area contributed by atoms with Gasteiger partial charge in [0.1, 0.15) is 0 Å². The van der Waals surface area contributed by atoms with Gasteiger partial charge in [0.15, 0.2) is 5.78 Å². The molecule has 0 unspecified atom stereocenters. The number of rotatable bonds is 3. The van der Waals surface area contributed by atoms with Crippen LogP contribution in [0.4, 0.5) is 5.69 Å². The lowest BCUT2D eigenvalue weighted by Gasteiger charge is -2.26. The second-order valence-corrected chi connectivity index (χ2v) is 6.08. The van der Waals surface area contributed by atoms with Gasteiger partial charge in [-0.25, -0.2) is 0 Å². The summed E-state index contributed by atoms with van der Waals surface area (Å²) in [6.07, 6.45) is 4.80. The van der Waals surface area contributed by atoms with Gasteiger partial charge in [-0.15, -0.1) is 0 Å². The summed E-state index contributed by atoms with van der Waals surface area (Å²) in [5.74, 6) is 0.345. The average Bonchev–Trinajstić information content (AvgIpc) is 2.88. The van der Waals surface area contributed by atoms with Gasteiger partial charge < -0.3 is 10.2 Å². The highest BCUT2D eigenvalue weighted by molar-refractivity contribution is 5.99. The molecule has 1 aliphatic heterocycles. The number of likely N-dealkylation sites (tertiary alicyclic amines) is 1. The van der Waals surface area contributed by atoms with Gasteiger partial charge in [-0.1, -0.05) is 0 Å². The Morgan fingerprint density at radius 1 is 1.05 bits per heavy atom. The SMILES string of the molecule is CC1=C(Nc2ccc(C(=O)N3CCCCC3)cc2)CCC1=O. The molecule has 2 aliphatic rings. The van der Waals surface area contributed by atoms with E-state index in [-0.39, 0.29) is 11.7 Å². The van der Waals surface area contributed by atoms with E-state index in [0.717, 1.165) is 54.9 Å². The molecular weight excluding hydrogens is 276 g/mol. The third kappa shape index (κ3) is 3.06. The molecule has 1 aromatic rings. The predicted octanol–water partition coefficient (Wildman–Crippen LogP) is 3.36. The highest BCUT2D eigenvalue weighted by Crippen LogP contribution is 2.24. The maximum atomic E-state index is 12.4. The molecule has 1 fully saturated rings. The molecule has 1 saturated heterocycles. The summed E-state index contributed by atoms with van der Waals surface area (Å²) in [5.41, 5.74) is 3.49. The lowest BCUT2D eigenvalue weighted by atomic mass is 10.1. The van der Waals surface area contributed by atoms with Gasteiger partial charge in [0.05, 0.1) is 0 Å². The smallest absolute Gasteiger partial charge is 0.253 e. The lowest BCUT2D eigenvalue weighted by Crippen LogP contribution is -2.35. The fourth-order valence-electron chi connectivity index (χ4n) is 3.09. The fourth-order valence-corrected chi connectivity index (χ4v) is 3.09. The molecule has 0 radical (unpaired) electrons. The van der Waals surface area contributed by atoms with Gasteiger partial charge in [-0.2, -0.15) is 0 Å². The minimum absolute atomic E-state index is 0.123. The van der Waals surface area contributed by atoms with E-state index in [0.29, 0.717) is 6.42 Å². The van der Waals surface area contributed by atoms with Crippen molar-refractivity contribution in [3.8, 4) is 0 Å². The molecule has 1 amide bonds. The largest absolute Gasteiger partial charge is 0.359 e. The zero-order chi connectivity index (χ0) is 15.5. The van der Waals surface area contributed by atoms with Crippen molar-refractivity contribution in [2.24, 2.45) is 0 Å². The third-order valence-electron chi connectivity index (χ3n) is 4.54. The van der Waals surface area contributed by atoms with Gasteiger partial charge >= 0.3 is 0 Å². The summed E-state index contributed by atoms with van der Waals surface area (Å²) in [4.78, 5) is 25.9. The first-order valence-corrected chi connectivity index (χ1v) is 8.04. The van der Waals surface area contributed by atoms with Crippen molar-refractivity contribution in [2.75, 3.05) is 18.4 Å². The molecule has 116 valence electrons. The molecule has 4 nitrogen and oxygen atoms in total. The second-order valence-electron chi connectivity index (χ2n) is 6.08. The molecule has 0 spiro atoms. The Balaban J connectivity index is 1.67. The Morgan fingerprint density at radius 3 is 2.32 bits per heavy atom. The summed E-state index contributed by atoms with van der Waals surface area (Å²) >= 11 is 0. The van der Waals surface area contributed by atoms with E-state index in [4.69, 9.17) is 0 Å². The van der Waals surface area contributed by atoms with Crippen molar-refractivity contribution in [3.05, 3.63) is 41.1 Å². The highest BCUT2D eigenvalue weighted by Gasteiger charge is 2.20. The van der Waals surface area contributed by atoms with Gasteiger partial charge in [0, 0.05) is 42.0 Å². The fraction of sp³-hybridized carbons (Fsp3) is 0.444. The molecule has 3 rings (SSSR count). The van der Waals surface area contributed by atoms with Crippen LogP contribution in [-0.4, -0.2) is 29.7 Å². The number of nitrogens with one attached hydrogen (secondary N) is 1. The van der Waals surface area contributed by atoms with Crippen molar-refractivity contribution in [1.29, 1.82) is 0 Å². The van der Waals surface area contributed by atoms with Gasteiger partial charge in [-0.05, 0) is 56.9 Å². The van der Waals surface area contributed by atoms with E-state index in [1.807, 2.05) is 36.1 Å².